The van der Waals surface area contributed by atoms with Crippen LogP contribution in [-0.2, 0) is 0 Å². The topological polar surface area (TPSA) is 92.7 Å². The third-order valence-electron chi connectivity index (χ3n) is 3.58. The van der Waals surface area contributed by atoms with Crippen LogP contribution in [0.4, 0.5) is 10.5 Å². The number of aliphatic hydroxyl groups excluding tert-OH is 1. The van der Waals surface area contributed by atoms with Crippen molar-refractivity contribution in [3.05, 3.63) is 42.6 Å². The van der Waals surface area contributed by atoms with Crippen LogP contribution in [0.5, 0.6) is 17.4 Å². The first-order chi connectivity index (χ1) is 12.0. The van der Waals surface area contributed by atoms with Gasteiger partial charge in [0.25, 0.3) is 0 Å². The molecule has 1 aromatic heterocycles. The summed E-state index contributed by atoms with van der Waals surface area (Å²) in [5, 5.41) is 14.6. The summed E-state index contributed by atoms with van der Waals surface area (Å²) >= 11 is 0. The Hall–Kier alpha value is -2.80. The fraction of sp³-hybridized carbons (Fsp3) is 0.333. The predicted octanol–water partition coefficient (Wildman–Crippen LogP) is 3.02. The highest BCUT2D eigenvalue weighted by Gasteiger charge is 2.15. The minimum absolute atomic E-state index is 0.114. The van der Waals surface area contributed by atoms with E-state index in [-0.39, 0.29) is 18.6 Å². The van der Waals surface area contributed by atoms with E-state index in [1.165, 1.54) is 6.20 Å². The zero-order chi connectivity index (χ0) is 18.2. The zero-order valence-corrected chi connectivity index (χ0v) is 14.5. The molecule has 1 atom stereocenters. The Labute approximate surface area is 147 Å². The number of rotatable bonds is 7. The van der Waals surface area contributed by atoms with Crippen LogP contribution in [0.15, 0.2) is 42.6 Å². The van der Waals surface area contributed by atoms with Crippen LogP contribution in [0.3, 0.4) is 0 Å². The van der Waals surface area contributed by atoms with Gasteiger partial charge in [-0.3, -0.25) is 0 Å². The van der Waals surface area contributed by atoms with E-state index in [1.807, 2.05) is 26.0 Å². The summed E-state index contributed by atoms with van der Waals surface area (Å²) in [4.78, 5) is 16.1. The number of pyridine rings is 1. The molecule has 0 aliphatic heterocycles. The van der Waals surface area contributed by atoms with Crippen LogP contribution in [0.25, 0.3) is 0 Å². The summed E-state index contributed by atoms with van der Waals surface area (Å²) in [5.74, 6) is 1.83. The molecule has 2 rings (SSSR count). The molecule has 0 fully saturated rings. The smallest absolute Gasteiger partial charge is 0.319 e. The molecule has 0 saturated carbocycles. The molecular weight excluding hydrogens is 322 g/mol. The summed E-state index contributed by atoms with van der Waals surface area (Å²) in [5.41, 5.74) is 0.524. The van der Waals surface area contributed by atoms with Gasteiger partial charge in [-0.15, -0.1) is 0 Å². The van der Waals surface area contributed by atoms with E-state index in [9.17, 15) is 9.90 Å². The first-order valence-corrected chi connectivity index (χ1v) is 7.98. The number of carbonyl (C=O) groups excluding carboxylic acids is 1. The third-order valence-corrected chi connectivity index (χ3v) is 3.58. The van der Waals surface area contributed by atoms with Gasteiger partial charge in [0.1, 0.15) is 11.5 Å². The minimum Gasteiger partial charge on any atom is -0.497 e. The maximum absolute atomic E-state index is 11.9. The zero-order valence-electron chi connectivity index (χ0n) is 14.5. The van der Waals surface area contributed by atoms with Crippen LogP contribution in [0.1, 0.15) is 13.8 Å². The van der Waals surface area contributed by atoms with Crippen LogP contribution in [0, 0.1) is 5.92 Å². The average Bonchev–Trinajstić information content (AvgIpc) is 2.61. The van der Waals surface area contributed by atoms with Crippen LogP contribution < -0.4 is 20.1 Å². The van der Waals surface area contributed by atoms with Gasteiger partial charge < -0.3 is 25.2 Å². The second kappa shape index (κ2) is 8.89. The maximum atomic E-state index is 11.9. The van der Waals surface area contributed by atoms with Crippen molar-refractivity contribution in [1.82, 2.24) is 10.3 Å². The van der Waals surface area contributed by atoms with Crippen LogP contribution in [-0.4, -0.2) is 35.9 Å². The van der Waals surface area contributed by atoms with Gasteiger partial charge in [-0.25, -0.2) is 9.78 Å². The number of amides is 2. The first kappa shape index (κ1) is 18.5. The quantitative estimate of drug-likeness (QED) is 0.717. The normalized spacial score (nSPS) is 11.7. The summed E-state index contributed by atoms with van der Waals surface area (Å²) in [7, 11) is 1.59. The number of ether oxygens (including phenoxy) is 2. The third kappa shape index (κ3) is 5.65. The lowest BCUT2D eigenvalue weighted by Crippen LogP contribution is -2.43. The Morgan fingerprint density at radius 3 is 2.60 bits per heavy atom. The number of benzene rings is 1. The lowest BCUT2D eigenvalue weighted by molar-refractivity contribution is 0.204. The Morgan fingerprint density at radius 1 is 1.24 bits per heavy atom. The lowest BCUT2D eigenvalue weighted by Gasteiger charge is -2.20. The molecule has 2 aromatic rings. The van der Waals surface area contributed by atoms with Gasteiger partial charge in [0, 0.05) is 12.1 Å². The van der Waals surface area contributed by atoms with Crippen molar-refractivity contribution in [2.24, 2.45) is 5.92 Å². The molecule has 0 spiro atoms. The number of aliphatic hydroxyl groups is 1. The number of methoxy groups -OCH3 is 1. The van der Waals surface area contributed by atoms with E-state index < -0.39 is 6.03 Å². The average molecular weight is 345 g/mol. The van der Waals surface area contributed by atoms with E-state index >= 15 is 0 Å². The van der Waals surface area contributed by atoms with Crippen LogP contribution in [0.2, 0.25) is 0 Å². The maximum Gasteiger partial charge on any atom is 0.319 e. The summed E-state index contributed by atoms with van der Waals surface area (Å²) in [6.07, 6.45) is 1.50. The number of nitrogens with zero attached hydrogens (tertiary/aromatic N) is 1. The SMILES string of the molecule is COc1cccc(Oc2ccc(NC(=O)N[C@H](CO)C(C)C)cn2)c1. The predicted molar refractivity (Wildman–Crippen MR) is 95.2 cm³/mol. The monoisotopic (exact) mass is 345 g/mol. The standard InChI is InChI=1S/C18H23N3O4/c1-12(2)16(11-22)21-18(23)20-13-7-8-17(19-10-13)25-15-6-4-5-14(9-15)24-3/h4-10,12,16,22H,11H2,1-3H3,(H2,20,21,23)/t16-/m1/s1. The Kier molecular flexibility index (Phi) is 6.59. The molecule has 1 heterocycles. The molecule has 0 aliphatic carbocycles. The molecule has 7 nitrogen and oxygen atoms in total. The van der Waals surface area contributed by atoms with Gasteiger partial charge >= 0.3 is 6.03 Å². The Bertz CT molecular complexity index is 689. The van der Waals surface area contributed by atoms with Crippen molar-refractivity contribution in [3.8, 4) is 17.4 Å². The Balaban J connectivity index is 1.94. The molecule has 0 aliphatic rings. The Morgan fingerprint density at radius 2 is 2.00 bits per heavy atom. The summed E-state index contributed by atoms with van der Waals surface area (Å²) < 4.78 is 10.8. The van der Waals surface area contributed by atoms with Crippen molar-refractivity contribution < 1.29 is 19.4 Å². The number of aromatic nitrogens is 1. The molecule has 0 bridgehead atoms. The first-order valence-electron chi connectivity index (χ1n) is 7.98. The van der Waals surface area contributed by atoms with Crippen molar-refractivity contribution in [2.45, 2.75) is 19.9 Å². The highest BCUT2D eigenvalue weighted by atomic mass is 16.5. The number of anilines is 1. The lowest BCUT2D eigenvalue weighted by atomic mass is 10.1. The van der Waals surface area contributed by atoms with Crippen molar-refractivity contribution >= 4 is 11.7 Å². The summed E-state index contributed by atoms with van der Waals surface area (Å²) in [6.45, 7) is 3.73. The van der Waals surface area contributed by atoms with E-state index in [1.54, 1.807) is 31.4 Å². The second-order valence-electron chi connectivity index (χ2n) is 5.80. The number of nitrogens with one attached hydrogen (secondary N) is 2. The summed E-state index contributed by atoms with van der Waals surface area (Å²) in [6, 6.07) is 9.84. The van der Waals surface area contributed by atoms with Gasteiger partial charge in [0.2, 0.25) is 5.88 Å². The van der Waals surface area contributed by atoms with Gasteiger partial charge in [-0.2, -0.15) is 0 Å². The molecule has 2 amide bonds. The molecule has 25 heavy (non-hydrogen) atoms. The van der Waals surface area contributed by atoms with E-state index in [4.69, 9.17) is 9.47 Å². The highest BCUT2D eigenvalue weighted by molar-refractivity contribution is 5.89. The fourth-order valence-corrected chi connectivity index (χ4v) is 2.06. The molecule has 134 valence electrons. The van der Waals surface area contributed by atoms with Crippen molar-refractivity contribution in [2.75, 3.05) is 19.0 Å². The fourth-order valence-electron chi connectivity index (χ4n) is 2.06. The van der Waals surface area contributed by atoms with Gasteiger partial charge in [-0.05, 0) is 24.1 Å². The second-order valence-corrected chi connectivity index (χ2v) is 5.80. The molecule has 1 aromatic carbocycles. The molecular formula is C18H23N3O4. The molecule has 0 radical (unpaired) electrons. The van der Waals surface area contributed by atoms with Gasteiger partial charge in [-0.1, -0.05) is 19.9 Å². The number of hydrogen-bond donors (Lipinski definition) is 3. The van der Waals surface area contributed by atoms with Crippen molar-refractivity contribution in [3.63, 3.8) is 0 Å². The van der Waals surface area contributed by atoms with Gasteiger partial charge in [0.05, 0.1) is 31.6 Å². The minimum atomic E-state index is -0.393. The molecule has 7 heteroatoms. The van der Waals surface area contributed by atoms with E-state index in [0.29, 0.717) is 23.1 Å². The highest BCUT2D eigenvalue weighted by Crippen LogP contribution is 2.24. The van der Waals surface area contributed by atoms with Crippen LogP contribution >= 0.6 is 0 Å². The number of hydrogen-bond acceptors (Lipinski definition) is 5. The molecule has 3 N–H and O–H groups in total. The number of urea groups is 1. The molecule has 0 unspecified atom stereocenters. The molecule has 0 saturated heterocycles. The largest absolute Gasteiger partial charge is 0.497 e. The van der Waals surface area contributed by atoms with E-state index in [2.05, 4.69) is 15.6 Å². The number of carbonyl (C=O) groups is 1. The van der Waals surface area contributed by atoms with Gasteiger partial charge in [0.15, 0.2) is 0 Å². The van der Waals surface area contributed by atoms with Crippen molar-refractivity contribution in [1.29, 1.82) is 0 Å². The van der Waals surface area contributed by atoms with E-state index in [0.717, 1.165) is 0 Å².